The Balaban J connectivity index is 1.37. The molecule has 164 valence electrons. The topological polar surface area (TPSA) is 97.2 Å². The van der Waals surface area contributed by atoms with Crippen molar-refractivity contribution >= 4 is 38.3 Å². The lowest BCUT2D eigenvalue weighted by Gasteiger charge is -2.13. The number of sulfonamides is 1. The van der Waals surface area contributed by atoms with E-state index in [0.29, 0.717) is 28.8 Å². The number of nitrogens with one attached hydrogen (secondary N) is 1. The first-order valence-electron chi connectivity index (χ1n) is 10.6. The number of hydrogen-bond acceptors (Lipinski definition) is 6. The Morgan fingerprint density at radius 2 is 2.00 bits per heavy atom. The number of hydrogen-bond donors (Lipinski definition) is 1. The molecule has 0 atom stereocenters. The molecule has 5 rings (SSSR count). The first kappa shape index (κ1) is 20.6. The molecular formula is C21H25N5O3S2. The molecule has 0 unspecified atom stereocenters. The highest BCUT2D eigenvalue weighted by molar-refractivity contribution is 7.91. The first-order valence-corrected chi connectivity index (χ1v) is 12.8. The third kappa shape index (κ3) is 3.77. The fourth-order valence-corrected chi connectivity index (χ4v) is 7.11. The van der Waals surface area contributed by atoms with Gasteiger partial charge in [0.1, 0.15) is 4.21 Å². The van der Waals surface area contributed by atoms with Gasteiger partial charge in [-0.3, -0.25) is 9.48 Å². The van der Waals surface area contributed by atoms with Crippen LogP contribution in [0.25, 0.3) is 11.0 Å². The Bertz CT molecular complexity index is 1270. The average Bonchev–Trinajstić information content (AvgIpc) is 3.14. The summed E-state index contributed by atoms with van der Waals surface area (Å²) in [7, 11) is -1.59. The SMILES string of the molecule is Cc1nn(C)c2nc(C3CC3)cc(C(=O)NCc3ccc(S(=O)(=O)N4CCCC4)s3)c12. The summed E-state index contributed by atoms with van der Waals surface area (Å²) >= 11 is 1.22. The van der Waals surface area contributed by atoms with E-state index in [2.05, 4.69) is 10.4 Å². The van der Waals surface area contributed by atoms with Crippen molar-refractivity contribution in [3.05, 3.63) is 40.0 Å². The van der Waals surface area contributed by atoms with Gasteiger partial charge in [0, 0.05) is 36.6 Å². The van der Waals surface area contributed by atoms with E-state index in [1.54, 1.807) is 21.1 Å². The zero-order chi connectivity index (χ0) is 21.8. The molecule has 8 nitrogen and oxygen atoms in total. The van der Waals surface area contributed by atoms with Crippen molar-refractivity contribution in [3.8, 4) is 0 Å². The minimum atomic E-state index is -3.43. The minimum Gasteiger partial charge on any atom is -0.347 e. The second kappa shape index (κ2) is 7.68. The lowest BCUT2D eigenvalue weighted by molar-refractivity contribution is 0.0952. The summed E-state index contributed by atoms with van der Waals surface area (Å²) < 4.78 is 29.1. The predicted molar refractivity (Wildman–Crippen MR) is 119 cm³/mol. The molecule has 10 heteroatoms. The summed E-state index contributed by atoms with van der Waals surface area (Å²) in [4.78, 5) is 18.6. The van der Waals surface area contributed by atoms with Gasteiger partial charge in [-0.15, -0.1) is 11.3 Å². The molecule has 0 spiro atoms. The van der Waals surface area contributed by atoms with Gasteiger partial charge in [0.15, 0.2) is 5.65 Å². The third-order valence-electron chi connectivity index (χ3n) is 5.95. The summed E-state index contributed by atoms with van der Waals surface area (Å²) in [6, 6.07) is 5.31. The normalized spacial score (nSPS) is 17.5. The number of carbonyl (C=O) groups is 1. The van der Waals surface area contributed by atoms with Crippen LogP contribution in [0.5, 0.6) is 0 Å². The highest BCUT2D eigenvalue weighted by atomic mass is 32.2. The van der Waals surface area contributed by atoms with Crippen LogP contribution in [-0.4, -0.2) is 46.5 Å². The Labute approximate surface area is 185 Å². The predicted octanol–water partition coefficient (Wildman–Crippen LogP) is 2.93. The maximum Gasteiger partial charge on any atom is 0.252 e. The summed E-state index contributed by atoms with van der Waals surface area (Å²) in [6.07, 6.45) is 4.01. The largest absolute Gasteiger partial charge is 0.347 e. The number of aromatic nitrogens is 3. The van der Waals surface area contributed by atoms with Crippen LogP contribution < -0.4 is 5.32 Å². The van der Waals surface area contributed by atoms with Gasteiger partial charge in [0.05, 0.1) is 23.2 Å². The number of amides is 1. The van der Waals surface area contributed by atoms with E-state index in [4.69, 9.17) is 4.98 Å². The molecule has 31 heavy (non-hydrogen) atoms. The number of thiophene rings is 1. The molecule has 1 aliphatic carbocycles. The van der Waals surface area contributed by atoms with Crippen molar-refractivity contribution in [1.29, 1.82) is 0 Å². The molecule has 0 aromatic carbocycles. The van der Waals surface area contributed by atoms with Crippen LogP contribution in [0.3, 0.4) is 0 Å². The zero-order valence-electron chi connectivity index (χ0n) is 17.6. The number of fused-ring (bicyclic) bond motifs is 1. The fourth-order valence-electron chi connectivity index (χ4n) is 4.14. The van der Waals surface area contributed by atoms with E-state index in [9.17, 15) is 13.2 Å². The van der Waals surface area contributed by atoms with Crippen molar-refractivity contribution in [1.82, 2.24) is 24.4 Å². The second-order valence-corrected chi connectivity index (χ2v) is 11.6. The van der Waals surface area contributed by atoms with Gasteiger partial charge in [0.25, 0.3) is 15.9 Å². The van der Waals surface area contributed by atoms with Gasteiger partial charge in [0.2, 0.25) is 0 Å². The van der Waals surface area contributed by atoms with Crippen LogP contribution in [-0.2, 0) is 23.6 Å². The molecule has 4 heterocycles. The van der Waals surface area contributed by atoms with Crippen LogP contribution in [0.1, 0.15) is 58.2 Å². The summed E-state index contributed by atoms with van der Waals surface area (Å²) in [5.74, 6) is 0.226. The lowest BCUT2D eigenvalue weighted by Crippen LogP contribution is -2.27. The molecule has 1 saturated carbocycles. The Hall–Kier alpha value is -2.30. The zero-order valence-corrected chi connectivity index (χ0v) is 19.2. The van der Waals surface area contributed by atoms with Gasteiger partial charge in [-0.1, -0.05) is 0 Å². The number of pyridine rings is 1. The molecule has 1 aliphatic heterocycles. The van der Waals surface area contributed by atoms with Gasteiger partial charge in [-0.25, -0.2) is 13.4 Å². The van der Waals surface area contributed by atoms with Crippen LogP contribution in [0, 0.1) is 6.92 Å². The van der Waals surface area contributed by atoms with Crippen LogP contribution in [0.2, 0.25) is 0 Å². The highest BCUT2D eigenvalue weighted by Crippen LogP contribution is 2.40. The van der Waals surface area contributed by atoms with E-state index in [0.717, 1.165) is 53.0 Å². The lowest BCUT2D eigenvalue weighted by atomic mass is 10.1. The van der Waals surface area contributed by atoms with E-state index < -0.39 is 10.0 Å². The second-order valence-electron chi connectivity index (χ2n) is 8.29. The van der Waals surface area contributed by atoms with Gasteiger partial charge in [-0.2, -0.15) is 9.40 Å². The van der Waals surface area contributed by atoms with Crippen molar-refractivity contribution in [3.63, 3.8) is 0 Å². The third-order valence-corrected chi connectivity index (χ3v) is 9.40. The van der Waals surface area contributed by atoms with E-state index in [-0.39, 0.29) is 12.5 Å². The summed E-state index contributed by atoms with van der Waals surface area (Å²) in [5.41, 5.74) is 3.02. The van der Waals surface area contributed by atoms with Crippen molar-refractivity contribution < 1.29 is 13.2 Å². The number of carbonyl (C=O) groups excluding carboxylic acids is 1. The van der Waals surface area contributed by atoms with E-state index >= 15 is 0 Å². The van der Waals surface area contributed by atoms with Gasteiger partial charge >= 0.3 is 0 Å². The maximum atomic E-state index is 13.1. The molecule has 2 aliphatic rings. The Morgan fingerprint density at radius 1 is 1.26 bits per heavy atom. The Morgan fingerprint density at radius 3 is 2.71 bits per heavy atom. The number of aryl methyl sites for hydroxylation is 2. The average molecular weight is 460 g/mol. The quantitative estimate of drug-likeness (QED) is 0.611. The molecule has 1 saturated heterocycles. The first-order chi connectivity index (χ1) is 14.8. The summed E-state index contributed by atoms with van der Waals surface area (Å²) in [6.45, 7) is 3.32. The molecule has 3 aromatic heterocycles. The van der Waals surface area contributed by atoms with Gasteiger partial charge in [-0.05, 0) is 50.8 Å². The van der Waals surface area contributed by atoms with Crippen LogP contribution in [0.4, 0.5) is 0 Å². The number of rotatable bonds is 6. The fraction of sp³-hybridized carbons (Fsp3) is 0.476. The molecular weight excluding hydrogens is 434 g/mol. The molecule has 3 aromatic rings. The molecule has 0 bridgehead atoms. The smallest absolute Gasteiger partial charge is 0.252 e. The molecule has 0 radical (unpaired) electrons. The van der Waals surface area contributed by atoms with Crippen molar-refractivity contribution in [2.24, 2.45) is 7.05 Å². The van der Waals surface area contributed by atoms with E-state index in [1.807, 2.05) is 20.0 Å². The maximum absolute atomic E-state index is 13.1. The molecule has 1 N–H and O–H groups in total. The Kier molecular flexibility index (Phi) is 5.10. The van der Waals surface area contributed by atoms with Crippen molar-refractivity contribution in [2.45, 2.75) is 49.3 Å². The molecule has 2 fully saturated rings. The van der Waals surface area contributed by atoms with Crippen molar-refractivity contribution in [2.75, 3.05) is 13.1 Å². The standard InChI is InChI=1S/C21H25N5O3S2/c1-13-19-16(11-17(14-5-6-14)23-20(19)25(2)24-13)21(27)22-12-15-7-8-18(30-15)31(28,29)26-9-3-4-10-26/h7-8,11,14H,3-6,9-10,12H2,1-2H3,(H,22,27). The van der Waals surface area contributed by atoms with Gasteiger partial charge < -0.3 is 5.32 Å². The number of nitrogens with zero attached hydrogens (tertiary/aromatic N) is 4. The molecule has 1 amide bonds. The van der Waals surface area contributed by atoms with Crippen LogP contribution >= 0.6 is 11.3 Å². The minimum absolute atomic E-state index is 0.192. The monoisotopic (exact) mass is 459 g/mol. The van der Waals surface area contributed by atoms with E-state index in [1.165, 1.54) is 11.3 Å². The van der Waals surface area contributed by atoms with Crippen LogP contribution in [0.15, 0.2) is 22.4 Å². The highest BCUT2D eigenvalue weighted by Gasteiger charge is 2.30. The summed E-state index contributed by atoms with van der Waals surface area (Å²) in [5, 5.41) is 8.18.